The summed E-state index contributed by atoms with van der Waals surface area (Å²) in [5, 5.41) is 0. The third-order valence-corrected chi connectivity index (χ3v) is 14.1. The van der Waals surface area contributed by atoms with E-state index in [-0.39, 0.29) is 0 Å². The summed E-state index contributed by atoms with van der Waals surface area (Å²) in [5.41, 5.74) is 4.53. The van der Waals surface area contributed by atoms with Crippen molar-refractivity contribution < 1.29 is 0 Å². The lowest BCUT2D eigenvalue weighted by atomic mass is 10.1. The lowest BCUT2D eigenvalue weighted by Crippen LogP contribution is -2.12. The van der Waals surface area contributed by atoms with Gasteiger partial charge in [-0.15, -0.1) is 15.8 Å². The van der Waals surface area contributed by atoms with Crippen LogP contribution in [-0.4, -0.2) is 35.0 Å². The van der Waals surface area contributed by atoms with Gasteiger partial charge in [0.05, 0.1) is 0 Å². The number of hydrogen-bond acceptors (Lipinski definition) is 0. The summed E-state index contributed by atoms with van der Waals surface area (Å²) in [4.78, 5) is 0. The fourth-order valence-corrected chi connectivity index (χ4v) is 13.0. The summed E-state index contributed by atoms with van der Waals surface area (Å²) >= 11 is 0. The maximum Gasteiger partial charge on any atom is -0.0209 e. The highest BCUT2D eigenvalue weighted by molar-refractivity contribution is 7.63. The highest BCUT2D eigenvalue weighted by atomic mass is 31.1. The van der Waals surface area contributed by atoms with Crippen LogP contribution in [0, 0.1) is 0 Å². The maximum absolute atomic E-state index is 2.45. The van der Waals surface area contributed by atoms with Crippen molar-refractivity contribution in [3.63, 3.8) is 0 Å². The summed E-state index contributed by atoms with van der Waals surface area (Å²) in [6, 6.07) is 0. The molecule has 0 N–H and O–H groups in total. The van der Waals surface area contributed by atoms with Crippen molar-refractivity contribution in [3.05, 3.63) is 0 Å². The third kappa shape index (κ3) is 3.79. The molecule has 0 aromatic heterocycles. The standard InChI is InChI=1S/C18H36P2/c1-5-15-9-10-16(6-2)19(15)13-14-20-17(7-3)11-12-18(20)8-4/h15-18H,5-14H2,1-4H3/t15-,16+,17-,18+,19?,20?. The predicted octanol–water partition coefficient (Wildman–Crippen LogP) is 6.65. The van der Waals surface area contributed by atoms with Crippen LogP contribution >= 0.6 is 15.8 Å². The van der Waals surface area contributed by atoms with Gasteiger partial charge in [-0.05, 0) is 86.3 Å². The number of hydrogen-bond donors (Lipinski definition) is 0. The molecule has 0 nitrogen and oxygen atoms in total. The molecular formula is C18H36P2. The van der Waals surface area contributed by atoms with Gasteiger partial charge in [0.2, 0.25) is 0 Å². The Morgan fingerprint density at radius 2 is 0.800 bits per heavy atom. The molecule has 2 fully saturated rings. The minimum Gasteiger partial charge on any atom is -0.100 e. The Morgan fingerprint density at radius 1 is 0.550 bits per heavy atom. The lowest BCUT2D eigenvalue weighted by Gasteiger charge is -2.30. The van der Waals surface area contributed by atoms with Gasteiger partial charge in [-0.3, -0.25) is 0 Å². The molecule has 20 heavy (non-hydrogen) atoms. The molecule has 0 saturated carbocycles. The Labute approximate surface area is 130 Å². The Hall–Kier alpha value is 0.860. The molecule has 0 spiro atoms. The average molecular weight is 314 g/mol. The smallest absolute Gasteiger partial charge is 0.0209 e. The van der Waals surface area contributed by atoms with E-state index in [0.717, 1.165) is 22.6 Å². The Kier molecular flexibility index (Phi) is 7.30. The first-order valence-corrected chi connectivity index (χ1v) is 12.6. The first-order valence-electron chi connectivity index (χ1n) is 9.26. The highest BCUT2D eigenvalue weighted by Gasteiger charge is 2.37. The largest absolute Gasteiger partial charge is 0.100 e. The van der Waals surface area contributed by atoms with Crippen LogP contribution in [0.25, 0.3) is 0 Å². The normalized spacial score (nSPS) is 41.4. The van der Waals surface area contributed by atoms with Gasteiger partial charge in [0, 0.05) is 0 Å². The molecule has 0 aromatic carbocycles. The van der Waals surface area contributed by atoms with E-state index in [1.807, 2.05) is 0 Å². The molecule has 0 radical (unpaired) electrons. The zero-order chi connectivity index (χ0) is 14.5. The van der Waals surface area contributed by atoms with E-state index in [1.165, 1.54) is 25.7 Å². The summed E-state index contributed by atoms with van der Waals surface area (Å²) in [6.45, 7) is 9.79. The molecule has 0 bridgehead atoms. The summed E-state index contributed by atoms with van der Waals surface area (Å²) in [6.07, 6.45) is 15.4. The van der Waals surface area contributed by atoms with Gasteiger partial charge in [0.15, 0.2) is 0 Å². The van der Waals surface area contributed by atoms with Crippen molar-refractivity contribution in [1.82, 2.24) is 0 Å². The molecule has 6 atom stereocenters. The van der Waals surface area contributed by atoms with Gasteiger partial charge in [-0.1, -0.05) is 27.7 Å². The first-order chi connectivity index (χ1) is 9.74. The highest BCUT2D eigenvalue weighted by Crippen LogP contribution is 2.63. The second-order valence-corrected chi connectivity index (χ2v) is 12.8. The lowest BCUT2D eigenvalue weighted by molar-refractivity contribution is 0.696. The van der Waals surface area contributed by atoms with Crippen LogP contribution in [0.4, 0.5) is 0 Å². The van der Waals surface area contributed by atoms with E-state index in [2.05, 4.69) is 27.7 Å². The van der Waals surface area contributed by atoms with Crippen molar-refractivity contribution in [2.24, 2.45) is 0 Å². The van der Waals surface area contributed by atoms with Crippen molar-refractivity contribution in [3.8, 4) is 0 Å². The summed E-state index contributed by atoms with van der Waals surface area (Å²) < 4.78 is 0. The van der Waals surface area contributed by atoms with Gasteiger partial charge >= 0.3 is 0 Å². The molecule has 2 heteroatoms. The van der Waals surface area contributed by atoms with Gasteiger partial charge in [-0.25, -0.2) is 0 Å². The SMILES string of the molecule is CC[C@@H]1CC[C@H](CC)P1CCP1[C@H](CC)CC[C@@H]1CC. The fourth-order valence-electron chi connectivity index (χ4n) is 4.74. The van der Waals surface area contributed by atoms with Gasteiger partial charge in [0.1, 0.15) is 0 Å². The number of rotatable bonds is 7. The zero-order valence-corrected chi connectivity index (χ0v) is 16.1. The molecule has 0 amide bonds. The molecular weight excluding hydrogens is 278 g/mol. The van der Waals surface area contributed by atoms with Crippen LogP contribution in [0.5, 0.6) is 0 Å². The molecule has 2 saturated heterocycles. The molecule has 118 valence electrons. The van der Waals surface area contributed by atoms with E-state index >= 15 is 0 Å². The van der Waals surface area contributed by atoms with Gasteiger partial charge in [0.25, 0.3) is 0 Å². The molecule has 2 unspecified atom stereocenters. The molecule has 2 heterocycles. The average Bonchev–Trinajstić information content (AvgIpc) is 3.07. The quantitative estimate of drug-likeness (QED) is 0.461. The van der Waals surface area contributed by atoms with E-state index in [1.54, 1.807) is 38.0 Å². The Morgan fingerprint density at radius 3 is 1.00 bits per heavy atom. The first kappa shape index (κ1) is 17.2. The molecule has 0 aromatic rings. The molecule has 2 rings (SSSR count). The van der Waals surface area contributed by atoms with Crippen molar-refractivity contribution >= 4 is 15.8 Å². The minimum absolute atomic E-state index is 0.380. The van der Waals surface area contributed by atoms with Crippen LogP contribution in [0.3, 0.4) is 0 Å². The maximum atomic E-state index is 2.45. The molecule has 0 aliphatic carbocycles. The van der Waals surface area contributed by atoms with E-state index in [9.17, 15) is 0 Å². The second kappa shape index (κ2) is 8.48. The monoisotopic (exact) mass is 314 g/mol. The zero-order valence-electron chi connectivity index (χ0n) is 14.3. The predicted molar refractivity (Wildman–Crippen MR) is 98.4 cm³/mol. The van der Waals surface area contributed by atoms with E-state index in [4.69, 9.17) is 0 Å². The summed E-state index contributed by atoms with van der Waals surface area (Å²) in [7, 11) is 0.759. The van der Waals surface area contributed by atoms with Crippen LogP contribution < -0.4 is 0 Å². The Bertz CT molecular complexity index is 227. The second-order valence-electron chi connectivity index (χ2n) is 6.88. The van der Waals surface area contributed by atoms with Crippen molar-refractivity contribution in [2.45, 2.75) is 102 Å². The Balaban J connectivity index is 1.91. The van der Waals surface area contributed by atoms with Gasteiger partial charge < -0.3 is 0 Å². The third-order valence-electron chi connectivity index (χ3n) is 6.04. The molecule has 2 aliphatic heterocycles. The van der Waals surface area contributed by atoms with Crippen LogP contribution in [0.1, 0.15) is 79.1 Å². The molecule has 2 aliphatic rings. The topological polar surface area (TPSA) is 0 Å². The van der Waals surface area contributed by atoms with E-state index < -0.39 is 0 Å². The van der Waals surface area contributed by atoms with Crippen molar-refractivity contribution in [2.75, 3.05) is 12.3 Å². The summed E-state index contributed by atoms with van der Waals surface area (Å²) in [5.74, 6) is 0. The van der Waals surface area contributed by atoms with Crippen LogP contribution in [0.15, 0.2) is 0 Å². The van der Waals surface area contributed by atoms with Gasteiger partial charge in [-0.2, -0.15) is 0 Å². The fraction of sp³-hybridized carbons (Fsp3) is 1.00. The minimum atomic E-state index is 0.380. The van der Waals surface area contributed by atoms with Crippen molar-refractivity contribution in [1.29, 1.82) is 0 Å². The van der Waals surface area contributed by atoms with Crippen LogP contribution in [-0.2, 0) is 0 Å². The van der Waals surface area contributed by atoms with E-state index in [0.29, 0.717) is 15.8 Å². The van der Waals surface area contributed by atoms with Crippen LogP contribution in [0.2, 0.25) is 0 Å².